The largest absolute Gasteiger partial charge is 0.120 e. The molecule has 0 nitrogen and oxygen atoms in total. The average Bonchev–Trinajstić information content (AvgIpc) is 3.08. The molecule has 280 valence electrons. The molecule has 47 heavy (non-hydrogen) atoms. The summed E-state index contributed by atoms with van der Waals surface area (Å²) in [5, 5.41) is 0. The van der Waals surface area contributed by atoms with Crippen LogP contribution in [-0.2, 0) is 0 Å². The minimum atomic E-state index is 0.972. The molecule has 0 atom stereocenters. The van der Waals surface area contributed by atoms with Gasteiger partial charge in [-0.25, -0.2) is 0 Å². The maximum absolute atomic E-state index is 5.31. The first-order valence-electron chi connectivity index (χ1n) is 22.8. The second-order valence-corrected chi connectivity index (χ2v) is 15.8. The number of hydrogen-bond donors (Lipinski definition) is 0. The molecule has 0 aromatic heterocycles. The summed E-state index contributed by atoms with van der Waals surface area (Å²) in [5.74, 6) is 2.75. The Bertz CT molecular complexity index is 555. The predicted molar refractivity (Wildman–Crippen MR) is 218 cm³/mol. The van der Waals surface area contributed by atoms with Gasteiger partial charge in [0.1, 0.15) is 0 Å². The summed E-state index contributed by atoms with van der Waals surface area (Å²) in [6, 6.07) is 0. The van der Waals surface area contributed by atoms with Crippen LogP contribution in [0.4, 0.5) is 0 Å². The molecule has 0 N–H and O–H groups in total. The Morgan fingerprint density at radius 2 is 0.340 bits per heavy atom. The first-order chi connectivity index (χ1) is 23.4. The van der Waals surface area contributed by atoms with Gasteiger partial charge in [0.05, 0.1) is 0 Å². The topological polar surface area (TPSA) is 0 Å². The summed E-state index contributed by atoms with van der Waals surface area (Å²) in [6.45, 7) is 2.31. The van der Waals surface area contributed by atoms with Gasteiger partial charge in [-0.05, 0) is 6.42 Å². The first kappa shape index (κ1) is 46.6. The Morgan fingerprint density at radius 3 is 0.468 bits per heavy atom. The van der Waals surface area contributed by atoms with Crippen LogP contribution in [-0.4, -0.2) is 0 Å². The van der Waals surface area contributed by atoms with Crippen LogP contribution >= 0.6 is 0 Å². The van der Waals surface area contributed by atoms with Crippen LogP contribution in [0.3, 0.4) is 0 Å². The van der Waals surface area contributed by atoms with Crippen LogP contribution in [0.5, 0.6) is 0 Å². The molecule has 0 heteroatoms. The third kappa shape index (κ3) is 45.6. The second-order valence-electron chi connectivity index (χ2n) is 15.8. The lowest BCUT2D eigenvalue weighted by Gasteiger charge is -2.05. The van der Waals surface area contributed by atoms with Crippen molar-refractivity contribution in [1.29, 1.82) is 0 Å². The van der Waals surface area contributed by atoms with E-state index in [0.717, 1.165) is 6.42 Å². The van der Waals surface area contributed by atoms with Crippen LogP contribution in [0.1, 0.15) is 289 Å². The van der Waals surface area contributed by atoms with Gasteiger partial charge in [-0.3, -0.25) is 0 Å². The molecule has 0 aliphatic rings. The molecule has 0 spiro atoms. The molecule has 0 aromatic rings. The molecule has 0 amide bonds. The van der Waals surface area contributed by atoms with E-state index in [-0.39, 0.29) is 0 Å². The maximum Gasteiger partial charge on any atom is 0.00860 e. The molecule has 0 fully saturated rings. The van der Waals surface area contributed by atoms with Gasteiger partial charge in [0.2, 0.25) is 0 Å². The summed E-state index contributed by atoms with van der Waals surface area (Å²) >= 11 is 0. The predicted octanol–water partition coefficient (Wildman–Crippen LogP) is 17.8. The quantitative estimate of drug-likeness (QED) is 0.0452. The molecule has 0 heterocycles. The molecule has 0 rings (SSSR count). The van der Waals surface area contributed by atoms with Crippen molar-refractivity contribution in [1.82, 2.24) is 0 Å². The SMILES string of the molecule is C#CCCCCCCCCCCCCCCCCCCCCCCCCCCCCCCCCCCCCCCCCCCCCC. The van der Waals surface area contributed by atoms with Crippen molar-refractivity contribution >= 4 is 0 Å². The van der Waals surface area contributed by atoms with Crippen LogP contribution in [0.25, 0.3) is 0 Å². The Balaban J connectivity index is 3.04. The summed E-state index contributed by atoms with van der Waals surface area (Å²) < 4.78 is 0. The molecular weight excluding hydrogens is 565 g/mol. The Hall–Kier alpha value is -0.440. The van der Waals surface area contributed by atoms with Crippen LogP contribution < -0.4 is 0 Å². The van der Waals surface area contributed by atoms with Gasteiger partial charge in [0.25, 0.3) is 0 Å². The summed E-state index contributed by atoms with van der Waals surface area (Å²) in [7, 11) is 0. The highest BCUT2D eigenvalue weighted by molar-refractivity contribution is 4.82. The molecule has 0 aliphatic heterocycles. The summed E-state index contributed by atoms with van der Waals surface area (Å²) in [6.07, 6.45) is 69.4. The zero-order valence-corrected chi connectivity index (χ0v) is 33.2. The van der Waals surface area contributed by atoms with Crippen LogP contribution in [0.2, 0.25) is 0 Å². The van der Waals surface area contributed by atoms with E-state index in [0.29, 0.717) is 0 Å². The third-order valence-electron chi connectivity index (χ3n) is 10.9. The Labute approximate surface area is 301 Å². The van der Waals surface area contributed by atoms with Crippen molar-refractivity contribution in [2.24, 2.45) is 0 Å². The monoisotopic (exact) mass is 657 g/mol. The van der Waals surface area contributed by atoms with Crippen molar-refractivity contribution in [3.05, 3.63) is 0 Å². The number of terminal acetylenes is 1. The van der Waals surface area contributed by atoms with E-state index in [4.69, 9.17) is 6.42 Å². The highest BCUT2D eigenvalue weighted by Crippen LogP contribution is 2.18. The zero-order chi connectivity index (χ0) is 33.8. The van der Waals surface area contributed by atoms with Gasteiger partial charge in [-0.15, -0.1) is 12.3 Å². The molecule has 0 bridgehead atoms. The van der Waals surface area contributed by atoms with E-state index in [1.807, 2.05) is 0 Å². The van der Waals surface area contributed by atoms with Crippen molar-refractivity contribution in [2.45, 2.75) is 289 Å². The lowest BCUT2D eigenvalue weighted by Crippen LogP contribution is -1.85. The standard InChI is InChI=1S/C47H92/c1-3-5-7-9-11-13-15-17-19-21-23-25-27-29-31-33-35-37-39-41-43-45-47-46-44-42-40-38-36-34-32-30-28-26-24-22-20-18-16-14-12-10-8-6-4-2/h1H,4-47H2,2H3. The van der Waals surface area contributed by atoms with Gasteiger partial charge >= 0.3 is 0 Å². The molecule has 0 radical (unpaired) electrons. The lowest BCUT2D eigenvalue weighted by atomic mass is 10.0. The summed E-state index contributed by atoms with van der Waals surface area (Å²) in [5.41, 5.74) is 0. The third-order valence-corrected chi connectivity index (χ3v) is 10.9. The van der Waals surface area contributed by atoms with E-state index in [2.05, 4.69) is 12.8 Å². The Kier molecular flexibility index (Phi) is 45.1. The fraction of sp³-hybridized carbons (Fsp3) is 0.957. The molecular formula is C47H92. The number of rotatable bonds is 43. The van der Waals surface area contributed by atoms with Gasteiger partial charge in [0.15, 0.2) is 0 Å². The van der Waals surface area contributed by atoms with Crippen molar-refractivity contribution in [3.63, 3.8) is 0 Å². The summed E-state index contributed by atoms with van der Waals surface area (Å²) in [4.78, 5) is 0. The molecule has 0 saturated carbocycles. The Morgan fingerprint density at radius 1 is 0.213 bits per heavy atom. The van der Waals surface area contributed by atoms with Gasteiger partial charge in [0, 0.05) is 6.42 Å². The number of unbranched alkanes of at least 4 members (excludes halogenated alkanes) is 43. The van der Waals surface area contributed by atoms with E-state index in [1.54, 1.807) is 0 Å². The fourth-order valence-electron chi connectivity index (χ4n) is 7.55. The van der Waals surface area contributed by atoms with Crippen molar-refractivity contribution in [2.75, 3.05) is 0 Å². The zero-order valence-electron chi connectivity index (χ0n) is 33.2. The van der Waals surface area contributed by atoms with Crippen LogP contribution in [0, 0.1) is 12.3 Å². The molecule has 0 unspecified atom stereocenters. The van der Waals surface area contributed by atoms with E-state index < -0.39 is 0 Å². The highest BCUT2D eigenvalue weighted by atomic mass is 14.0. The first-order valence-corrected chi connectivity index (χ1v) is 22.8. The molecule has 0 aliphatic carbocycles. The van der Waals surface area contributed by atoms with Gasteiger partial charge in [-0.2, -0.15) is 0 Å². The van der Waals surface area contributed by atoms with Crippen molar-refractivity contribution < 1.29 is 0 Å². The van der Waals surface area contributed by atoms with Crippen molar-refractivity contribution in [3.8, 4) is 12.3 Å². The minimum absolute atomic E-state index is 0.972. The van der Waals surface area contributed by atoms with E-state index >= 15 is 0 Å². The van der Waals surface area contributed by atoms with Crippen LogP contribution in [0.15, 0.2) is 0 Å². The van der Waals surface area contributed by atoms with Gasteiger partial charge in [-0.1, -0.05) is 277 Å². The molecule has 0 saturated heterocycles. The smallest absolute Gasteiger partial charge is 0.00860 e. The maximum atomic E-state index is 5.31. The average molecular weight is 657 g/mol. The van der Waals surface area contributed by atoms with E-state index in [9.17, 15) is 0 Å². The fourth-order valence-corrected chi connectivity index (χ4v) is 7.55. The highest BCUT2D eigenvalue weighted by Gasteiger charge is 1.98. The minimum Gasteiger partial charge on any atom is -0.120 e. The van der Waals surface area contributed by atoms with Gasteiger partial charge < -0.3 is 0 Å². The van der Waals surface area contributed by atoms with E-state index in [1.165, 1.54) is 276 Å². The lowest BCUT2D eigenvalue weighted by molar-refractivity contribution is 0.509. The number of hydrogen-bond acceptors (Lipinski definition) is 0. The normalized spacial score (nSPS) is 11.4. The molecule has 0 aromatic carbocycles. The second kappa shape index (κ2) is 45.6.